The maximum Gasteiger partial charge on any atom is 0.433 e. The normalized spacial score (nSPS) is 11.6. The van der Waals surface area contributed by atoms with Gasteiger partial charge in [0.1, 0.15) is 0 Å². The van der Waals surface area contributed by atoms with E-state index < -0.39 is 35.3 Å². The van der Waals surface area contributed by atoms with Crippen LogP contribution in [-0.4, -0.2) is 4.98 Å². The van der Waals surface area contributed by atoms with Crippen molar-refractivity contribution in [3.63, 3.8) is 0 Å². The first kappa shape index (κ1) is 13.6. The molecule has 92 valence electrons. The van der Waals surface area contributed by atoms with E-state index in [0.717, 1.165) is 6.07 Å². The van der Waals surface area contributed by atoms with Gasteiger partial charge in [0.05, 0.1) is 28.8 Å². The molecule has 0 aliphatic rings. The molecule has 0 saturated carbocycles. The van der Waals surface area contributed by atoms with E-state index in [9.17, 15) is 22.0 Å². The summed E-state index contributed by atoms with van der Waals surface area (Å²) in [5.74, 6) is 0. The van der Waals surface area contributed by atoms with Crippen molar-refractivity contribution >= 4 is 11.6 Å². The lowest BCUT2D eigenvalue weighted by atomic mass is 10.1. The molecular weight excluding hydrogens is 267 g/mol. The van der Waals surface area contributed by atoms with Crippen molar-refractivity contribution in [3.8, 4) is 6.07 Å². The Morgan fingerprint density at radius 1 is 1.41 bits per heavy atom. The summed E-state index contributed by atoms with van der Waals surface area (Å²) in [6.07, 6.45) is -8.87. The standard InChI is InChI=1S/C9H4ClF5N2/c10-5-3-4(1-2-16)17-7(9(13,14)15)6(5)8(11)12/h3,8H,1H2. The minimum atomic E-state index is -5.04. The Balaban J connectivity index is 3.46. The lowest BCUT2D eigenvalue weighted by Gasteiger charge is -2.13. The molecule has 0 spiro atoms. The summed E-state index contributed by atoms with van der Waals surface area (Å²) < 4.78 is 62.3. The van der Waals surface area contributed by atoms with Crippen LogP contribution < -0.4 is 0 Å². The topological polar surface area (TPSA) is 36.7 Å². The van der Waals surface area contributed by atoms with Gasteiger partial charge in [0.2, 0.25) is 0 Å². The van der Waals surface area contributed by atoms with Crippen LogP contribution in [0.4, 0.5) is 22.0 Å². The third-order valence-electron chi connectivity index (χ3n) is 1.81. The number of pyridine rings is 1. The SMILES string of the molecule is N#CCc1cc(Cl)c(C(F)F)c(C(F)(F)F)n1. The van der Waals surface area contributed by atoms with Crippen molar-refractivity contribution < 1.29 is 22.0 Å². The van der Waals surface area contributed by atoms with Gasteiger partial charge in [-0.05, 0) is 6.07 Å². The fourth-order valence-corrected chi connectivity index (χ4v) is 1.47. The molecule has 0 amide bonds. The van der Waals surface area contributed by atoms with E-state index in [0.29, 0.717) is 0 Å². The second-order valence-electron chi connectivity index (χ2n) is 2.99. The van der Waals surface area contributed by atoms with Crippen molar-refractivity contribution in [3.05, 3.63) is 28.0 Å². The molecular formula is C9H4ClF5N2. The molecule has 8 heteroatoms. The Bertz CT molecular complexity index is 464. The minimum absolute atomic E-state index is 0.297. The van der Waals surface area contributed by atoms with E-state index in [4.69, 9.17) is 16.9 Å². The van der Waals surface area contributed by atoms with Crippen LogP contribution >= 0.6 is 11.6 Å². The van der Waals surface area contributed by atoms with Gasteiger partial charge in [-0.25, -0.2) is 13.8 Å². The van der Waals surface area contributed by atoms with Crippen molar-refractivity contribution in [2.75, 3.05) is 0 Å². The number of nitrogens with zero attached hydrogens (tertiary/aromatic N) is 2. The Kier molecular flexibility index (Phi) is 3.88. The summed E-state index contributed by atoms with van der Waals surface area (Å²) in [5.41, 5.74) is -3.40. The maximum absolute atomic E-state index is 12.5. The summed E-state index contributed by atoms with van der Waals surface area (Å²) in [7, 11) is 0. The molecule has 1 rings (SSSR count). The zero-order chi connectivity index (χ0) is 13.2. The van der Waals surface area contributed by atoms with Gasteiger partial charge in [-0.15, -0.1) is 0 Å². The van der Waals surface area contributed by atoms with Crippen LogP contribution in [-0.2, 0) is 12.6 Å². The van der Waals surface area contributed by atoms with Crippen LogP contribution in [0.1, 0.15) is 23.4 Å². The molecule has 0 N–H and O–H groups in total. The van der Waals surface area contributed by atoms with Crippen LogP contribution in [0.2, 0.25) is 5.02 Å². The average Bonchev–Trinajstić information content (AvgIpc) is 2.15. The Morgan fingerprint density at radius 3 is 2.41 bits per heavy atom. The van der Waals surface area contributed by atoms with E-state index in [-0.39, 0.29) is 5.69 Å². The first-order valence-corrected chi connectivity index (χ1v) is 4.56. The first-order chi connectivity index (χ1) is 7.77. The molecule has 0 bridgehead atoms. The summed E-state index contributed by atoms with van der Waals surface area (Å²) in [6.45, 7) is 0. The molecule has 1 heterocycles. The molecule has 1 aromatic heterocycles. The van der Waals surface area contributed by atoms with Gasteiger partial charge in [0.15, 0.2) is 5.69 Å². The monoisotopic (exact) mass is 270 g/mol. The Hall–Kier alpha value is -1.42. The molecule has 1 aromatic rings. The largest absolute Gasteiger partial charge is 0.433 e. The summed E-state index contributed by atoms with van der Waals surface area (Å²) >= 11 is 5.34. The predicted octanol–water partition coefficient (Wildman–Crippen LogP) is 3.76. The van der Waals surface area contributed by atoms with Gasteiger partial charge in [-0.2, -0.15) is 18.4 Å². The average molecular weight is 271 g/mol. The zero-order valence-corrected chi connectivity index (χ0v) is 8.78. The van der Waals surface area contributed by atoms with Gasteiger partial charge in [-0.1, -0.05) is 11.6 Å². The van der Waals surface area contributed by atoms with E-state index >= 15 is 0 Å². The molecule has 0 saturated heterocycles. The number of hydrogen-bond donors (Lipinski definition) is 0. The zero-order valence-electron chi connectivity index (χ0n) is 8.02. The van der Waals surface area contributed by atoms with E-state index in [2.05, 4.69) is 4.98 Å². The van der Waals surface area contributed by atoms with Crippen molar-refractivity contribution in [2.24, 2.45) is 0 Å². The van der Waals surface area contributed by atoms with E-state index in [1.165, 1.54) is 0 Å². The highest BCUT2D eigenvalue weighted by Crippen LogP contribution is 2.38. The van der Waals surface area contributed by atoms with E-state index in [1.54, 1.807) is 6.07 Å². The number of nitriles is 1. The fraction of sp³-hybridized carbons (Fsp3) is 0.333. The van der Waals surface area contributed by atoms with Crippen LogP contribution in [0.3, 0.4) is 0 Å². The van der Waals surface area contributed by atoms with Gasteiger partial charge < -0.3 is 0 Å². The quantitative estimate of drug-likeness (QED) is 0.767. The second-order valence-corrected chi connectivity index (χ2v) is 3.40. The van der Waals surface area contributed by atoms with Gasteiger partial charge >= 0.3 is 6.18 Å². The lowest BCUT2D eigenvalue weighted by molar-refractivity contribution is -0.143. The minimum Gasteiger partial charge on any atom is -0.247 e. The number of hydrogen-bond acceptors (Lipinski definition) is 2. The number of halogens is 6. The molecule has 0 atom stereocenters. The number of rotatable bonds is 2. The van der Waals surface area contributed by atoms with Gasteiger partial charge in [0.25, 0.3) is 6.43 Å². The summed E-state index contributed by atoms with van der Waals surface area (Å²) in [5, 5.41) is 7.58. The van der Waals surface area contributed by atoms with Crippen molar-refractivity contribution in [1.82, 2.24) is 4.98 Å². The smallest absolute Gasteiger partial charge is 0.247 e. The third-order valence-corrected chi connectivity index (χ3v) is 2.12. The molecule has 0 aliphatic heterocycles. The van der Waals surface area contributed by atoms with Crippen LogP contribution in [0.25, 0.3) is 0 Å². The summed E-state index contributed by atoms with van der Waals surface area (Å²) in [4.78, 5) is 3.00. The number of aromatic nitrogens is 1. The fourth-order valence-electron chi connectivity index (χ4n) is 1.17. The highest BCUT2D eigenvalue weighted by molar-refractivity contribution is 6.31. The molecule has 2 nitrogen and oxygen atoms in total. The van der Waals surface area contributed by atoms with E-state index in [1.807, 2.05) is 0 Å². The third kappa shape index (κ3) is 3.03. The van der Waals surface area contributed by atoms with Gasteiger partial charge in [-0.3, -0.25) is 0 Å². The van der Waals surface area contributed by atoms with Crippen LogP contribution in [0.15, 0.2) is 6.07 Å². The first-order valence-electron chi connectivity index (χ1n) is 4.19. The molecule has 0 aromatic carbocycles. The van der Waals surface area contributed by atoms with Crippen molar-refractivity contribution in [1.29, 1.82) is 5.26 Å². The molecule has 0 radical (unpaired) electrons. The Labute approximate surface area is 97.6 Å². The molecule has 17 heavy (non-hydrogen) atoms. The highest BCUT2D eigenvalue weighted by atomic mass is 35.5. The van der Waals surface area contributed by atoms with Gasteiger partial charge in [0, 0.05) is 0 Å². The molecule has 0 unspecified atom stereocenters. The summed E-state index contributed by atoms with van der Waals surface area (Å²) in [6, 6.07) is 2.40. The molecule has 0 fully saturated rings. The van der Waals surface area contributed by atoms with Crippen molar-refractivity contribution in [2.45, 2.75) is 19.0 Å². The molecule has 0 aliphatic carbocycles. The maximum atomic E-state index is 12.5. The number of alkyl halides is 5. The predicted molar refractivity (Wildman–Crippen MR) is 48.5 cm³/mol. The Morgan fingerprint density at radius 2 is 2.00 bits per heavy atom. The highest BCUT2D eigenvalue weighted by Gasteiger charge is 2.39. The second kappa shape index (κ2) is 4.84. The van der Waals surface area contributed by atoms with Crippen LogP contribution in [0, 0.1) is 11.3 Å². The van der Waals surface area contributed by atoms with Crippen LogP contribution in [0.5, 0.6) is 0 Å². The lowest BCUT2D eigenvalue weighted by Crippen LogP contribution is -2.14.